The Kier molecular flexibility index (Phi) is 3.84. The van der Waals surface area contributed by atoms with Gasteiger partial charge in [0.15, 0.2) is 5.78 Å². The molecule has 0 aliphatic rings. The van der Waals surface area contributed by atoms with Crippen LogP contribution in [0, 0.1) is 6.92 Å². The van der Waals surface area contributed by atoms with E-state index in [1.165, 1.54) is 18.2 Å². The van der Waals surface area contributed by atoms with E-state index in [0.717, 1.165) is 5.56 Å². The van der Waals surface area contributed by atoms with Crippen LogP contribution in [-0.2, 0) is 0 Å². The third-order valence-corrected chi connectivity index (χ3v) is 2.18. The molecule has 0 aliphatic heterocycles. The van der Waals surface area contributed by atoms with Gasteiger partial charge in [-0.2, -0.15) is 0 Å². The van der Waals surface area contributed by atoms with Gasteiger partial charge in [-0.05, 0) is 19.1 Å². The highest BCUT2D eigenvalue weighted by Gasteiger charge is 2.13. The number of allylic oxidation sites excluding steroid dienone is 4. The molecule has 82 valence electrons. The Morgan fingerprint density at radius 1 is 1.38 bits per heavy atom. The summed E-state index contributed by atoms with van der Waals surface area (Å²) in [6, 6.07) is 4.91. The summed E-state index contributed by atoms with van der Waals surface area (Å²) in [6.45, 7) is 8.95. The fraction of sp³-hybridized carbons (Fsp3) is 0.0714. The molecule has 1 aromatic rings. The van der Waals surface area contributed by atoms with Crippen LogP contribution in [0.3, 0.4) is 0 Å². The molecule has 0 saturated carbocycles. The first-order valence-electron chi connectivity index (χ1n) is 4.89. The largest absolute Gasteiger partial charge is 0.507 e. The van der Waals surface area contributed by atoms with Gasteiger partial charge in [0, 0.05) is 5.57 Å². The Balaban J connectivity index is 3.23. The van der Waals surface area contributed by atoms with Gasteiger partial charge in [-0.3, -0.25) is 4.79 Å². The molecule has 0 radical (unpaired) electrons. The summed E-state index contributed by atoms with van der Waals surface area (Å²) in [5, 5.41) is 9.61. The van der Waals surface area contributed by atoms with Crippen molar-refractivity contribution < 1.29 is 9.90 Å². The average molecular weight is 214 g/mol. The smallest absolute Gasteiger partial charge is 0.196 e. The second-order valence-electron chi connectivity index (χ2n) is 3.41. The fourth-order valence-corrected chi connectivity index (χ4v) is 1.35. The maximum absolute atomic E-state index is 12.0. The molecule has 1 aromatic carbocycles. The fourth-order valence-electron chi connectivity index (χ4n) is 1.35. The number of phenolic OH excluding ortho intramolecular Hbond substituents is 1. The Morgan fingerprint density at radius 2 is 2.06 bits per heavy atom. The number of Topliss-reactive ketones (excluding diaryl/α,β-unsaturated/α-hetero) is 1. The highest BCUT2D eigenvalue weighted by molar-refractivity contribution is 6.12. The number of aromatic hydroxyl groups is 1. The maximum atomic E-state index is 12.0. The van der Waals surface area contributed by atoms with Gasteiger partial charge < -0.3 is 5.11 Å². The molecule has 0 fully saturated rings. The van der Waals surface area contributed by atoms with Crippen LogP contribution in [0.2, 0.25) is 0 Å². The van der Waals surface area contributed by atoms with Crippen LogP contribution >= 0.6 is 0 Å². The summed E-state index contributed by atoms with van der Waals surface area (Å²) in [4.78, 5) is 12.0. The van der Waals surface area contributed by atoms with Crippen LogP contribution < -0.4 is 0 Å². The van der Waals surface area contributed by atoms with Gasteiger partial charge in [0.05, 0.1) is 5.56 Å². The van der Waals surface area contributed by atoms with Gasteiger partial charge in [0.1, 0.15) is 5.75 Å². The predicted octanol–water partition coefficient (Wildman–Crippen LogP) is 3.18. The number of benzene rings is 1. The Hall–Kier alpha value is -2.09. The van der Waals surface area contributed by atoms with Gasteiger partial charge in [-0.25, -0.2) is 0 Å². The van der Waals surface area contributed by atoms with Gasteiger partial charge in [0.25, 0.3) is 0 Å². The second kappa shape index (κ2) is 5.12. The van der Waals surface area contributed by atoms with Crippen molar-refractivity contribution in [3.05, 3.63) is 66.3 Å². The molecule has 0 spiro atoms. The minimum atomic E-state index is -0.254. The van der Waals surface area contributed by atoms with Crippen molar-refractivity contribution in [2.45, 2.75) is 6.92 Å². The molecule has 16 heavy (non-hydrogen) atoms. The highest BCUT2D eigenvalue weighted by Crippen LogP contribution is 2.21. The summed E-state index contributed by atoms with van der Waals surface area (Å²) < 4.78 is 0. The molecular formula is C14H14O2. The molecule has 0 bridgehead atoms. The third-order valence-electron chi connectivity index (χ3n) is 2.18. The SMILES string of the molecule is C=C/C=C(\C=C)C(=O)c1cc(C)ccc1O. The van der Waals surface area contributed by atoms with Crippen molar-refractivity contribution in [3.8, 4) is 5.75 Å². The summed E-state index contributed by atoms with van der Waals surface area (Å²) >= 11 is 0. The maximum Gasteiger partial charge on any atom is 0.196 e. The van der Waals surface area contributed by atoms with Gasteiger partial charge >= 0.3 is 0 Å². The lowest BCUT2D eigenvalue weighted by Gasteiger charge is -2.05. The van der Waals surface area contributed by atoms with Gasteiger partial charge in [0.2, 0.25) is 0 Å². The molecule has 0 aromatic heterocycles. The van der Waals surface area contributed by atoms with E-state index in [1.807, 2.05) is 6.92 Å². The monoisotopic (exact) mass is 214 g/mol. The van der Waals surface area contributed by atoms with E-state index in [-0.39, 0.29) is 17.1 Å². The molecule has 0 saturated heterocycles. The van der Waals surface area contributed by atoms with Crippen LogP contribution in [-0.4, -0.2) is 10.9 Å². The standard InChI is InChI=1S/C14H14O2/c1-4-6-11(5-2)14(16)12-9-10(3)7-8-13(12)15/h4-9,15H,1-2H2,3H3/b11-6+. The van der Waals surface area contributed by atoms with Crippen molar-refractivity contribution in [1.29, 1.82) is 0 Å². The van der Waals surface area contributed by atoms with Crippen LogP contribution in [0.25, 0.3) is 0 Å². The van der Waals surface area contributed by atoms with E-state index in [9.17, 15) is 9.90 Å². The van der Waals surface area contributed by atoms with E-state index >= 15 is 0 Å². The van der Waals surface area contributed by atoms with E-state index in [0.29, 0.717) is 5.57 Å². The summed E-state index contributed by atoms with van der Waals surface area (Å²) in [6.07, 6.45) is 4.53. The van der Waals surface area contributed by atoms with Crippen LogP contribution in [0.1, 0.15) is 15.9 Å². The Morgan fingerprint density at radius 3 is 2.62 bits per heavy atom. The van der Waals surface area contributed by atoms with Gasteiger partial charge in [-0.1, -0.05) is 43.0 Å². The van der Waals surface area contributed by atoms with Crippen molar-refractivity contribution in [2.75, 3.05) is 0 Å². The number of carbonyl (C=O) groups is 1. The van der Waals surface area contributed by atoms with E-state index in [1.54, 1.807) is 18.2 Å². The Bertz CT molecular complexity index is 468. The number of hydrogen-bond donors (Lipinski definition) is 1. The summed E-state index contributed by atoms with van der Waals surface area (Å²) in [5.74, 6) is -0.275. The quantitative estimate of drug-likeness (QED) is 0.475. The minimum Gasteiger partial charge on any atom is -0.507 e. The number of hydrogen-bond acceptors (Lipinski definition) is 2. The number of rotatable bonds is 4. The molecule has 0 heterocycles. The number of ketones is 1. The molecule has 1 rings (SSSR count). The van der Waals surface area contributed by atoms with Crippen LogP contribution in [0.5, 0.6) is 5.75 Å². The summed E-state index contributed by atoms with van der Waals surface area (Å²) in [7, 11) is 0. The van der Waals surface area contributed by atoms with Crippen LogP contribution in [0.15, 0.2) is 55.2 Å². The molecule has 0 aliphatic carbocycles. The first kappa shape index (κ1) is 12.0. The molecule has 0 atom stereocenters. The zero-order valence-electron chi connectivity index (χ0n) is 9.23. The summed E-state index contributed by atoms with van der Waals surface area (Å²) in [5.41, 5.74) is 1.62. The number of phenols is 1. The first-order chi connectivity index (χ1) is 7.60. The average Bonchev–Trinajstić information content (AvgIpc) is 2.28. The lowest BCUT2D eigenvalue weighted by molar-refractivity contribution is 0.103. The van der Waals surface area contributed by atoms with Crippen molar-refractivity contribution in [3.63, 3.8) is 0 Å². The van der Waals surface area contributed by atoms with Gasteiger partial charge in [-0.15, -0.1) is 0 Å². The van der Waals surface area contributed by atoms with Crippen molar-refractivity contribution in [1.82, 2.24) is 0 Å². The third kappa shape index (κ3) is 2.48. The molecule has 1 N–H and O–H groups in total. The zero-order valence-corrected chi connectivity index (χ0v) is 9.23. The lowest BCUT2D eigenvalue weighted by Crippen LogP contribution is -2.02. The topological polar surface area (TPSA) is 37.3 Å². The Labute approximate surface area is 95.2 Å². The minimum absolute atomic E-state index is 0.0209. The van der Waals surface area contributed by atoms with Crippen molar-refractivity contribution >= 4 is 5.78 Å². The molecule has 0 amide bonds. The predicted molar refractivity (Wildman–Crippen MR) is 65.7 cm³/mol. The highest BCUT2D eigenvalue weighted by atomic mass is 16.3. The molecule has 2 nitrogen and oxygen atoms in total. The van der Waals surface area contributed by atoms with Crippen molar-refractivity contribution in [2.24, 2.45) is 0 Å². The van der Waals surface area contributed by atoms with E-state index in [4.69, 9.17) is 0 Å². The normalized spacial score (nSPS) is 10.9. The lowest BCUT2D eigenvalue weighted by atomic mass is 10.0. The van der Waals surface area contributed by atoms with E-state index in [2.05, 4.69) is 13.2 Å². The molecular weight excluding hydrogens is 200 g/mol. The molecule has 2 heteroatoms. The number of aryl methyl sites for hydroxylation is 1. The van der Waals surface area contributed by atoms with E-state index < -0.39 is 0 Å². The second-order valence-corrected chi connectivity index (χ2v) is 3.41. The number of carbonyl (C=O) groups excluding carboxylic acids is 1. The molecule has 0 unspecified atom stereocenters. The van der Waals surface area contributed by atoms with Crippen LogP contribution in [0.4, 0.5) is 0 Å². The zero-order chi connectivity index (χ0) is 12.1. The first-order valence-corrected chi connectivity index (χ1v) is 4.89.